The smallest absolute Gasteiger partial charge is 0.157 e. The molecule has 0 aromatic rings. The molecule has 1 fully saturated rings. The van der Waals surface area contributed by atoms with E-state index in [0.717, 1.165) is 32.5 Å². The summed E-state index contributed by atoms with van der Waals surface area (Å²) in [6, 6.07) is 0. The van der Waals surface area contributed by atoms with Crippen LogP contribution in [-0.4, -0.2) is 19.5 Å². The molecule has 1 aliphatic heterocycles. The number of allylic oxidation sites excluding steroid dienone is 1. The fourth-order valence-corrected chi connectivity index (χ4v) is 1.35. The van der Waals surface area contributed by atoms with Gasteiger partial charge in [0.25, 0.3) is 0 Å². The average Bonchev–Trinajstić information content (AvgIpc) is 2.63. The van der Waals surface area contributed by atoms with Crippen molar-refractivity contribution in [2.75, 3.05) is 13.2 Å². The average molecular weight is 184 g/mol. The van der Waals surface area contributed by atoms with Gasteiger partial charge < -0.3 is 9.47 Å². The van der Waals surface area contributed by atoms with Crippen LogP contribution in [0.3, 0.4) is 0 Å². The van der Waals surface area contributed by atoms with E-state index in [4.69, 9.17) is 9.47 Å². The van der Waals surface area contributed by atoms with Crippen molar-refractivity contribution in [2.24, 2.45) is 0 Å². The predicted octanol–water partition coefficient (Wildman–Crippen LogP) is 2.89. The fraction of sp³-hybridized carbons (Fsp3) is 0.818. The molecule has 0 radical (unpaired) electrons. The minimum Gasteiger partial charge on any atom is -0.353 e. The van der Waals surface area contributed by atoms with Crippen molar-refractivity contribution in [3.8, 4) is 0 Å². The SMILES string of the molecule is CCC/C=C\CCO[C@H]1CCCO1. The molecule has 0 spiro atoms. The molecule has 1 heterocycles. The maximum atomic E-state index is 5.51. The Labute approximate surface area is 80.9 Å². The van der Waals surface area contributed by atoms with E-state index in [9.17, 15) is 0 Å². The summed E-state index contributed by atoms with van der Waals surface area (Å²) in [5.41, 5.74) is 0. The maximum absolute atomic E-state index is 5.51. The zero-order chi connectivity index (χ0) is 9.36. The first-order valence-electron chi connectivity index (χ1n) is 5.31. The Morgan fingerprint density at radius 3 is 2.92 bits per heavy atom. The summed E-state index contributed by atoms with van der Waals surface area (Å²) in [7, 11) is 0. The first-order valence-corrected chi connectivity index (χ1v) is 5.31. The summed E-state index contributed by atoms with van der Waals surface area (Å²) in [5.74, 6) is 0. The van der Waals surface area contributed by atoms with Gasteiger partial charge in [-0.3, -0.25) is 0 Å². The summed E-state index contributed by atoms with van der Waals surface area (Å²) in [6.45, 7) is 3.86. The van der Waals surface area contributed by atoms with Crippen LogP contribution in [0.4, 0.5) is 0 Å². The van der Waals surface area contributed by atoms with Crippen LogP contribution in [0.15, 0.2) is 12.2 Å². The topological polar surface area (TPSA) is 18.5 Å². The standard InChI is InChI=1S/C11H20O2/c1-2-3-4-5-6-9-12-11-8-7-10-13-11/h4-5,11H,2-3,6-10H2,1H3/b5-4-/t11-/m1/s1. The lowest BCUT2D eigenvalue weighted by Crippen LogP contribution is -2.10. The van der Waals surface area contributed by atoms with Crippen molar-refractivity contribution in [1.29, 1.82) is 0 Å². The zero-order valence-electron chi connectivity index (χ0n) is 8.50. The van der Waals surface area contributed by atoms with E-state index >= 15 is 0 Å². The van der Waals surface area contributed by atoms with E-state index in [1.807, 2.05) is 0 Å². The molecule has 1 atom stereocenters. The summed E-state index contributed by atoms with van der Waals surface area (Å²) < 4.78 is 10.8. The molecule has 0 bridgehead atoms. The Balaban J connectivity index is 1.88. The Bertz CT molecular complexity index is 137. The lowest BCUT2D eigenvalue weighted by molar-refractivity contribution is -0.109. The second-order valence-corrected chi connectivity index (χ2v) is 3.36. The van der Waals surface area contributed by atoms with Gasteiger partial charge in [-0.25, -0.2) is 0 Å². The minimum atomic E-state index is 0.0829. The second-order valence-electron chi connectivity index (χ2n) is 3.36. The van der Waals surface area contributed by atoms with Gasteiger partial charge in [-0.05, 0) is 19.3 Å². The minimum absolute atomic E-state index is 0.0829. The number of hydrogen-bond acceptors (Lipinski definition) is 2. The number of hydrogen-bond donors (Lipinski definition) is 0. The van der Waals surface area contributed by atoms with E-state index < -0.39 is 0 Å². The van der Waals surface area contributed by atoms with Crippen molar-refractivity contribution in [3.05, 3.63) is 12.2 Å². The highest BCUT2D eigenvalue weighted by molar-refractivity contribution is 4.80. The lowest BCUT2D eigenvalue weighted by Gasteiger charge is -2.08. The van der Waals surface area contributed by atoms with Crippen LogP contribution in [0.1, 0.15) is 39.0 Å². The first-order chi connectivity index (χ1) is 6.43. The van der Waals surface area contributed by atoms with E-state index in [1.165, 1.54) is 12.8 Å². The van der Waals surface area contributed by atoms with Crippen LogP contribution in [0.2, 0.25) is 0 Å². The third-order valence-corrected chi connectivity index (χ3v) is 2.10. The van der Waals surface area contributed by atoms with Crippen LogP contribution >= 0.6 is 0 Å². The molecule has 0 aliphatic carbocycles. The maximum Gasteiger partial charge on any atom is 0.157 e. The van der Waals surface area contributed by atoms with E-state index in [2.05, 4.69) is 19.1 Å². The quantitative estimate of drug-likeness (QED) is 0.467. The molecule has 0 unspecified atom stereocenters. The molecular weight excluding hydrogens is 164 g/mol. The second kappa shape index (κ2) is 7.10. The summed E-state index contributed by atoms with van der Waals surface area (Å²) in [5, 5.41) is 0. The molecule has 13 heavy (non-hydrogen) atoms. The molecule has 0 aromatic carbocycles. The van der Waals surface area contributed by atoms with Crippen molar-refractivity contribution in [3.63, 3.8) is 0 Å². The Kier molecular flexibility index (Phi) is 5.87. The Morgan fingerprint density at radius 2 is 2.23 bits per heavy atom. The number of rotatable bonds is 6. The van der Waals surface area contributed by atoms with Crippen molar-refractivity contribution >= 4 is 0 Å². The summed E-state index contributed by atoms with van der Waals surface area (Å²) >= 11 is 0. The third-order valence-electron chi connectivity index (χ3n) is 2.10. The van der Waals surface area contributed by atoms with Gasteiger partial charge >= 0.3 is 0 Å². The van der Waals surface area contributed by atoms with Gasteiger partial charge in [0.15, 0.2) is 6.29 Å². The molecule has 0 N–H and O–H groups in total. The van der Waals surface area contributed by atoms with E-state index in [0.29, 0.717) is 0 Å². The van der Waals surface area contributed by atoms with Crippen LogP contribution in [0, 0.1) is 0 Å². The molecule has 0 amide bonds. The molecule has 1 aliphatic rings. The van der Waals surface area contributed by atoms with Crippen LogP contribution in [-0.2, 0) is 9.47 Å². The monoisotopic (exact) mass is 184 g/mol. The van der Waals surface area contributed by atoms with Crippen LogP contribution < -0.4 is 0 Å². The zero-order valence-corrected chi connectivity index (χ0v) is 8.50. The van der Waals surface area contributed by atoms with E-state index in [1.54, 1.807) is 0 Å². The van der Waals surface area contributed by atoms with Crippen molar-refractivity contribution < 1.29 is 9.47 Å². The van der Waals surface area contributed by atoms with Gasteiger partial charge in [-0.1, -0.05) is 25.5 Å². The van der Waals surface area contributed by atoms with Gasteiger partial charge in [-0.2, -0.15) is 0 Å². The van der Waals surface area contributed by atoms with Crippen molar-refractivity contribution in [1.82, 2.24) is 0 Å². The molecule has 0 saturated carbocycles. The Hall–Kier alpha value is -0.340. The van der Waals surface area contributed by atoms with Gasteiger partial charge in [0.05, 0.1) is 6.61 Å². The van der Waals surface area contributed by atoms with Gasteiger partial charge in [0.1, 0.15) is 0 Å². The lowest BCUT2D eigenvalue weighted by atomic mass is 10.3. The molecule has 2 heteroatoms. The van der Waals surface area contributed by atoms with Gasteiger partial charge in [0, 0.05) is 13.0 Å². The third kappa shape index (κ3) is 5.06. The largest absolute Gasteiger partial charge is 0.353 e. The predicted molar refractivity (Wildman–Crippen MR) is 53.6 cm³/mol. The first kappa shape index (κ1) is 10.7. The van der Waals surface area contributed by atoms with Gasteiger partial charge in [0.2, 0.25) is 0 Å². The number of ether oxygens (including phenoxy) is 2. The molecule has 2 nitrogen and oxygen atoms in total. The van der Waals surface area contributed by atoms with Crippen molar-refractivity contribution in [2.45, 2.75) is 45.3 Å². The Morgan fingerprint density at radius 1 is 1.38 bits per heavy atom. The van der Waals surface area contributed by atoms with Gasteiger partial charge in [-0.15, -0.1) is 0 Å². The molecule has 1 saturated heterocycles. The molecule has 0 aromatic heterocycles. The van der Waals surface area contributed by atoms with Crippen LogP contribution in [0.5, 0.6) is 0 Å². The molecular formula is C11H20O2. The summed E-state index contributed by atoms with van der Waals surface area (Å²) in [4.78, 5) is 0. The van der Waals surface area contributed by atoms with Crippen LogP contribution in [0.25, 0.3) is 0 Å². The number of unbranched alkanes of at least 4 members (excludes halogenated alkanes) is 1. The highest BCUT2D eigenvalue weighted by Crippen LogP contribution is 2.12. The normalized spacial score (nSPS) is 23.0. The van der Waals surface area contributed by atoms with E-state index in [-0.39, 0.29) is 6.29 Å². The highest BCUT2D eigenvalue weighted by Gasteiger charge is 2.14. The summed E-state index contributed by atoms with van der Waals surface area (Å²) in [6.07, 6.45) is 10.1. The highest BCUT2D eigenvalue weighted by atomic mass is 16.7. The molecule has 76 valence electrons. The molecule has 1 rings (SSSR count). The fourth-order valence-electron chi connectivity index (χ4n) is 1.35.